The summed E-state index contributed by atoms with van der Waals surface area (Å²) in [4.78, 5) is 30.8. The van der Waals surface area contributed by atoms with E-state index in [0.717, 1.165) is 0 Å². The van der Waals surface area contributed by atoms with E-state index in [1.54, 1.807) is 0 Å². The number of ether oxygens (including phenoxy) is 1. The minimum absolute atomic E-state index is 0. The maximum atomic E-state index is 10.3. The average molecular weight is 257 g/mol. The standard InChI is InChI=1S/C6H4O7.3Na/c7-4(8)1-2(5(9)10)13-3(1)6(11)12;;;/h2H,(H,7,8)(H,9,10)(H,11,12);;;. The number of hydrogen-bond acceptors (Lipinski definition) is 4. The summed E-state index contributed by atoms with van der Waals surface area (Å²) >= 11 is 0. The Morgan fingerprint density at radius 1 is 0.938 bits per heavy atom. The van der Waals surface area contributed by atoms with Gasteiger partial charge in [-0.2, -0.15) is 0 Å². The van der Waals surface area contributed by atoms with Crippen molar-refractivity contribution in [2.75, 3.05) is 0 Å². The summed E-state index contributed by atoms with van der Waals surface area (Å²) in [5.41, 5.74) is -0.736. The quantitative estimate of drug-likeness (QED) is 0.488. The van der Waals surface area contributed by atoms with Gasteiger partial charge in [0.15, 0.2) is 0 Å². The Kier molecular flexibility index (Phi) is 12.4. The summed E-state index contributed by atoms with van der Waals surface area (Å²) in [6.07, 6.45) is -1.68. The van der Waals surface area contributed by atoms with Crippen LogP contribution in [0.2, 0.25) is 0 Å². The SMILES string of the molecule is O=C(O)C1=C(C(=O)O)C(C(=O)O)O1.[Na].[Na].[Na]. The van der Waals surface area contributed by atoms with Gasteiger partial charge in [-0.25, -0.2) is 14.4 Å². The molecule has 0 aliphatic carbocycles. The molecule has 0 bridgehead atoms. The summed E-state index contributed by atoms with van der Waals surface area (Å²) in [6, 6.07) is 0. The molecule has 16 heavy (non-hydrogen) atoms. The van der Waals surface area contributed by atoms with Crippen molar-refractivity contribution in [2.24, 2.45) is 0 Å². The molecule has 10 heteroatoms. The zero-order chi connectivity index (χ0) is 10.2. The van der Waals surface area contributed by atoms with Gasteiger partial charge in [-0.05, 0) is 0 Å². The van der Waals surface area contributed by atoms with Crippen molar-refractivity contribution in [3.8, 4) is 0 Å². The Labute approximate surface area is 156 Å². The van der Waals surface area contributed by atoms with E-state index < -0.39 is 35.3 Å². The van der Waals surface area contributed by atoms with Crippen LogP contribution in [0, 0.1) is 0 Å². The first kappa shape index (κ1) is 22.2. The minimum atomic E-state index is -1.68. The molecule has 0 saturated heterocycles. The molecule has 7 nitrogen and oxygen atoms in total. The maximum absolute atomic E-state index is 10.3. The van der Waals surface area contributed by atoms with E-state index in [-0.39, 0.29) is 88.7 Å². The summed E-state index contributed by atoms with van der Waals surface area (Å²) in [5.74, 6) is -5.53. The number of carbonyl (C=O) groups is 3. The fourth-order valence-corrected chi connectivity index (χ4v) is 0.850. The van der Waals surface area contributed by atoms with E-state index in [4.69, 9.17) is 15.3 Å². The van der Waals surface area contributed by atoms with Gasteiger partial charge < -0.3 is 20.1 Å². The first-order valence-corrected chi connectivity index (χ1v) is 3.05. The van der Waals surface area contributed by atoms with Crippen LogP contribution in [0.25, 0.3) is 0 Å². The van der Waals surface area contributed by atoms with Crippen LogP contribution in [0.4, 0.5) is 0 Å². The zero-order valence-electron chi connectivity index (χ0n) is 9.05. The fraction of sp³-hybridized carbons (Fsp3) is 0.167. The predicted molar refractivity (Wildman–Crippen MR) is 52.1 cm³/mol. The van der Waals surface area contributed by atoms with Gasteiger partial charge >= 0.3 is 17.9 Å². The molecule has 1 unspecified atom stereocenters. The van der Waals surface area contributed by atoms with Crippen molar-refractivity contribution in [3.63, 3.8) is 0 Å². The molecule has 1 heterocycles. The third-order valence-corrected chi connectivity index (χ3v) is 1.39. The van der Waals surface area contributed by atoms with Gasteiger partial charge in [0, 0.05) is 88.7 Å². The maximum Gasteiger partial charge on any atom is 0.371 e. The van der Waals surface area contributed by atoms with Crippen LogP contribution >= 0.6 is 0 Å². The molecule has 1 rings (SSSR count). The molecule has 0 fully saturated rings. The topological polar surface area (TPSA) is 121 Å². The molecule has 3 radical (unpaired) electrons. The van der Waals surface area contributed by atoms with Crippen LogP contribution in [0.5, 0.6) is 0 Å². The molecule has 1 aliphatic heterocycles. The van der Waals surface area contributed by atoms with E-state index in [9.17, 15) is 14.4 Å². The molecule has 1 atom stereocenters. The van der Waals surface area contributed by atoms with Crippen LogP contribution in [0.1, 0.15) is 0 Å². The molecule has 0 aromatic rings. The van der Waals surface area contributed by atoms with Gasteiger partial charge in [0.2, 0.25) is 11.9 Å². The smallest absolute Gasteiger partial charge is 0.371 e. The van der Waals surface area contributed by atoms with Crippen molar-refractivity contribution in [2.45, 2.75) is 6.10 Å². The second kappa shape index (κ2) is 8.96. The normalized spacial score (nSPS) is 16.4. The first-order chi connectivity index (χ1) is 5.95. The summed E-state index contributed by atoms with van der Waals surface area (Å²) in [5, 5.41) is 25.1. The molecular weight excluding hydrogens is 253 g/mol. The van der Waals surface area contributed by atoms with Gasteiger partial charge in [0.1, 0.15) is 5.57 Å². The van der Waals surface area contributed by atoms with E-state index in [2.05, 4.69) is 4.74 Å². The van der Waals surface area contributed by atoms with E-state index >= 15 is 0 Å². The summed E-state index contributed by atoms with van der Waals surface area (Å²) < 4.78 is 4.24. The van der Waals surface area contributed by atoms with Gasteiger partial charge in [-0.15, -0.1) is 0 Å². The number of carboxylic acids is 3. The summed E-state index contributed by atoms with van der Waals surface area (Å²) in [6.45, 7) is 0. The minimum Gasteiger partial charge on any atom is -0.478 e. The summed E-state index contributed by atoms with van der Waals surface area (Å²) in [7, 11) is 0. The molecule has 0 amide bonds. The van der Waals surface area contributed by atoms with Gasteiger partial charge in [0.05, 0.1) is 0 Å². The predicted octanol–water partition coefficient (Wildman–Crippen LogP) is -2.25. The molecule has 0 saturated carbocycles. The largest absolute Gasteiger partial charge is 0.478 e. The number of hydrogen-bond donors (Lipinski definition) is 3. The van der Waals surface area contributed by atoms with Crippen molar-refractivity contribution in [1.82, 2.24) is 0 Å². The monoisotopic (exact) mass is 257 g/mol. The van der Waals surface area contributed by atoms with Crippen LogP contribution in [-0.2, 0) is 19.1 Å². The molecular formula is C6H4Na3O7. The Morgan fingerprint density at radius 3 is 1.62 bits per heavy atom. The van der Waals surface area contributed by atoms with Crippen molar-refractivity contribution >= 4 is 107 Å². The number of aliphatic carboxylic acids is 3. The van der Waals surface area contributed by atoms with Crippen molar-refractivity contribution in [1.29, 1.82) is 0 Å². The average Bonchev–Trinajstić information content (AvgIpc) is 1.79. The molecule has 1 aliphatic rings. The second-order valence-electron chi connectivity index (χ2n) is 2.19. The molecule has 3 N–H and O–H groups in total. The number of carboxylic acid groups (broad SMARTS) is 3. The Balaban J connectivity index is -0.000000563. The molecule has 0 aromatic carbocycles. The molecule has 0 aromatic heterocycles. The van der Waals surface area contributed by atoms with Gasteiger partial charge in [0.25, 0.3) is 0 Å². The van der Waals surface area contributed by atoms with Gasteiger partial charge in [-0.3, -0.25) is 0 Å². The van der Waals surface area contributed by atoms with Crippen molar-refractivity contribution < 1.29 is 34.4 Å². The number of rotatable bonds is 3. The third kappa shape index (κ3) is 4.67. The molecule has 0 spiro atoms. The van der Waals surface area contributed by atoms with E-state index in [1.165, 1.54) is 0 Å². The second-order valence-corrected chi connectivity index (χ2v) is 2.19. The first-order valence-electron chi connectivity index (χ1n) is 3.05. The van der Waals surface area contributed by atoms with Crippen LogP contribution in [0.15, 0.2) is 11.3 Å². The van der Waals surface area contributed by atoms with Gasteiger partial charge in [-0.1, -0.05) is 0 Å². The van der Waals surface area contributed by atoms with Crippen molar-refractivity contribution in [3.05, 3.63) is 11.3 Å². The van der Waals surface area contributed by atoms with E-state index in [1.807, 2.05) is 0 Å². The Morgan fingerprint density at radius 2 is 1.38 bits per heavy atom. The fourth-order valence-electron chi connectivity index (χ4n) is 0.850. The Hall–Kier alpha value is 0.950. The van der Waals surface area contributed by atoms with Crippen LogP contribution < -0.4 is 0 Å². The zero-order valence-corrected chi connectivity index (χ0v) is 15.1. The van der Waals surface area contributed by atoms with Crippen LogP contribution in [0.3, 0.4) is 0 Å². The third-order valence-electron chi connectivity index (χ3n) is 1.39. The van der Waals surface area contributed by atoms with Crippen LogP contribution in [-0.4, -0.2) is 128 Å². The van der Waals surface area contributed by atoms with E-state index in [0.29, 0.717) is 0 Å². The molecule has 73 valence electrons. The Bertz CT molecular complexity index is 337.